The zero-order chi connectivity index (χ0) is 20.4. The molecule has 2 aromatic rings. The Kier molecular flexibility index (Phi) is 5.81. The number of hydrogen-bond acceptors (Lipinski definition) is 5. The molecule has 0 bridgehead atoms. The molecular weight excluding hydrogens is 452 g/mol. The number of imide groups is 1. The Morgan fingerprint density at radius 3 is 2.36 bits per heavy atom. The van der Waals surface area contributed by atoms with Gasteiger partial charge in [0.05, 0.1) is 16.1 Å². The molecular formula is C19H14BrClN2O5. The summed E-state index contributed by atoms with van der Waals surface area (Å²) in [6, 6.07) is 9.60. The first-order valence-electron chi connectivity index (χ1n) is 8.14. The van der Waals surface area contributed by atoms with Gasteiger partial charge in [0.2, 0.25) is 0 Å². The molecule has 0 atom stereocenters. The Labute approximate surface area is 173 Å². The van der Waals surface area contributed by atoms with Gasteiger partial charge in [-0.2, -0.15) is 0 Å². The summed E-state index contributed by atoms with van der Waals surface area (Å²) in [5, 5.41) is 3.01. The van der Waals surface area contributed by atoms with E-state index in [1.807, 2.05) is 0 Å². The highest BCUT2D eigenvalue weighted by molar-refractivity contribution is 9.10. The van der Waals surface area contributed by atoms with Crippen LogP contribution in [0.5, 0.6) is 0 Å². The summed E-state index contributed by atoms with van der Waals surface area (Å²) >= 11 is 9.29. The summed E-state index contributed by atoms with van der Waals surface area (Å²) in [5.74, 6) is -2.57. The van der Waals surface area contributed by atoms with E-state index in [0.29, 0.717) is 15.2 Å². The van der Waals surface area contributed by atoms with E-state index in [0.717, 1.165) is 10.5 Å². The van der Waals surface area contributed by atoms with E-state index < -0.39 is 36.8 Å². The first-order valence-corrected chi connectivity index (χ1v) is 9.31. The molecule has 1 aliphatic heterocycles. The second kappa shape index (κ2) is 8.12. The van der Waals surface area contributed by atoms with E-state index >= 15 is 0 Å². The molecule has 144 valence electrons. The highest BCUT2D eigenvalue weighted by atomic mass is 79.9. The third kappa shape index (κ3) is 4.07. The third-order valence-electron chi connectivity index (χ3n) is 4.07. The number of carbonyl (C=O) groups is 4. The Hall–Kier alpha value is -2.71. The Morgan fingerprint density at radius 2 is 1.75 bits per heavy atom. The number of hydrogen-bond donors (Lipinski definition) is 1. The van der Waals surface area contributed by atoms with Crippen molar-refractivity contribution in [1.29, 1.82) is 0 Å². The summed E-state index contributed by atoms with van der Waals surface area (Å²) in [6.07, 6.45) is 0. The van der Waals surface area contributed by atoms with Gasteiger partial charge in [-0.25, -0.2) is 0 Å². The third-order valence-corrected chi connectivity index (χ3v) is 5.27. The average Bonchev–Trinajstić information content (AvgIpc) is 2.90. The van der Waals surface area contributed by atoms with Gasteiger partial charge >= 0.3 is 5.97 Å². The first-order chi connectivity index (χ1) is 13.3. The van der Waals surface area contributed by atoms with E-state index in [-0.39, 0.29) is 11.1 Å². The second-order valence-electron chi connectivity index (χ2n) is 6.03. The van der Waals surface area contributed by atoms with Crippen molar-refractivity contribution in [3.63, 3.8) is 0 Å². The summed E-state index contributed by atoms with van der Waals surface area (Å²) in [6.45, 7) is 0.656. The van der Waals surface area contributed by atoms with Gasteiger partial charge in [0.1, 0.15) is 6.54 Å². The molecule has 3 rings (SSSR count). The molecule has 0 radical (unpaired) electrons. The number of aryl methyl sites for hydroxylation is 1. The van der Waals surface area contributed by atoms with E-state index in [2.05, 4.69) is 21.2 Å². The fourth-order valence-electron chi connectivity index (χ4n) is 2.67. The molecule has 9 heteroatoms. The Balaban J connectivity index is 1.55. The number of rotatable bonds is 5. The van der Waals surface area contributed by atoms with Crippen LogP contribution in [0.2, 0.25) is 5.02 Å². The van der Waals surface area contributed by atoms with Crippen molar-refractivity contribution >= 4 is 56.9 Å². The lowest BCUT2D eigenvalue weighted by Crippen LogP contribution is -2.36. The summed E-state index contributed by atoms with van der Waals surface area (Å²) in [5.41, 5.74) is 1.72. The molecule has 0 saturated heterocycles. The molecule has 0 spiro atoms. The van der Waals surface area contributed by atoms with Crippen molar-refractivity contribution in [2.45, 2.75) is 6.92 Å². The fraction of sp³-hybridized carbons (Fsp3) is 0.158. The van der Waals surface area contributed by atoms with Crippen molar-refractivity contribution in [3.8, 4) is 0 Å². The molecule has 28 heavy (non-hydrogen) atoms. The molecule has 2 aromatic carbocycles. The van der Waals surface area contributed by atoms with Crippen LogP contribution in [0, 0.1) is 6.92 Å². The van der Waals surface area contributed by atoms with Crippen LogP contribution in [0.3, 0.4) is 0 Å². The summed E-state index contributed by atoms with van der Waals surface area (Å²) in [4.78, 5) is 49.2. The van der Waals surface area contributed by atoms with Crippen LogP contribution in [0.15, 0.2) is 40.9 Å². The lowest BCUT2D eigenvalue weighted by molar-refractivity contribution is -0.147. The molecule has 0 unspecified atom stereocenters. The van der Waals surface area contributed by atoms with Crippen LogP contribution in [0.4, 0.5) is 5.69 Å². The van der Waals surface area contributed by atoms with Crippen molar-refractivity contribution in [3.05, 3.63) is 62.6 Å². The molecule has 1 heterocycles. The minimum absolute atomic E-state index is 0.237. The fourth-order valence-corrected chi connectivity index (χ4v) is 3.29. The first kappa shape index (κ1) is 20.0. The number of fused-ring (bicyclic) bond motifs is 1. The summed E-state index contributed by atoms with van der Waals surface area (Å²) < 4.78 is 5.58. The number of nitrogens with zero attached hydrogens (tertiary/aromatic N) is 1. The van der Waals surface area contributed by atoms with Crippen LogP contribution in [0.1, 0.15) is 26.3 Å². The largest absolute Gasteiger partial charge is 0.454 e. The Morgan fingerprint density at radius 1 is 1.14 bits per heavy atom. The summed E-state index contributed by atoms with van der Waals surface area (Å²) in [7, 11) is 0. The van der Waals surface area contributed by atoms with Gasteiger partial charge in [0, 0.05) is 10.2 Å². The maximum atomic E-state index is 12.2. The predicted octanol–water partition coefficient (Wildman–Crippen LogP) is 3.19. The molecule has 1 aliphatic rings. The molecule has 7 nitrogen and oxygen atoms in total. The van der Waals surface area contributed by atoms with Crippen LogP contribution < -0.4 is 5.32 Å². The van der Waals surface area contributed by atoms with E-state index in [1.54, 1.807) is 31.2 Å². The van der Waals surface area contributed by atoms with Crippen molar-refractivity contribution in [2.24, 2.45) is 0 Å². The number of anilines is 1. The minimum Gasteiger partial charge on any atom is -0.454 e. The maximum Gasteiger partial charge on any atom is 0.326 e. The second-order valence-corrected chi connectivity index (χ2v) is 7.29. The predicted molar refractivity (Wildman–Crippen MR) is 105 cm³/mol. The number of esters is 1. The molecule has 0 aromatic heterocycles. The van der Waals surface area contributed by atoms with Crippen molar-refractivity contribution < 1.29 is 23.9 Å². The van der Waals surface area contributed by atoms with Gasteiger partial charge in [-0.1, -0.05) is 23.7 Å². The molecule has 0 saturated carbocycles. The quantitative estimate of drug-likeness (QED) is 0.541. The van der Waals surface area contributed by atoms with Gasteiger partial charge in [-0.15, -0.1) is 0 Å². The van der Waals surface area contributed by atoms with Crippen LogP contribution in [-0.4, -0.2) is 41.7 Å². The number of ether oxygens (including phenoxy) is 1. The van der Waals surface area contributed by atoms with Gasteiger partial charge in [-0.3, -0.25) is 24.1 Å². The average molecular weight is 466 g/mol. The maximum absolute atomic E-state index is 12.2. The molecule has 1 N–H and O–H groups in total. The number of carbonyl (C=O) groups excluding carboxylic acids is 4. The highest BCUT2D eigenvalue weighted by Crippen LogP contribution is 2.29. The molecule has 3 amide bonds. The van der Waals surface area contributed by atoms with E-state index in [9.17, 15) is 19.2 Å². The number of halogens is 2. The molecule has 0 aliphatic carbocycles. The van der Waals surface area contributed by atoms with Crippen molar-refractivity contribution in [2.75, 3.05) is 18.5 Å². The highest BCUT2D eigenvalue weighted by Gasteiger charge is 2.36. The smallest absolute Gasteiger partial charge is 0.326 e. The SMILES string of the molecule is Cc1cc(Br)c(Cl)cc1NC(=O)COC(=O)CN1C(=O)c2ccccc2C1=O. The lowest BCUT2D eigenvalue weighted by atomic mass is 10.1. The minimum atomic E-state index is -0.866. The van der Waals surface area contributed by atoms with E-state index in [1.165, 1.54) is 12.1 Å². The van der Waals surface area contributed by atoms with Crippen LogP contribution in [0.25, 0.3) is 0 Å². The van der Waals surface area contributed by atoms with Crippen LogP contribution >= 0.6 is 27.5 Å². The van der Waals surface area contributed by atoms with Gasteiger partial charge in [-0.05, 0) is 52.7 Å². The van der Waals surface area contributed by atoms with Crippen molar-refractivity contribution in [1.82, 2.24) is 4.90 Å². The number of nitrogens with one attached hydrogen (secondary N) is 1. The zero-order valence-electron chi connectivity index (χ0n) is 14.6. The van der Waals surface area contributed by atoms with Gasteiger partial charge < -0.3 is 10.1 Å². The van der Waals surface area contributed by atoms with E-state index in [4.69, 9.17) is 16.3 Å². The topological polar surface area (TPSA) is 92.8 Å². The van der Waals surface area contributed by atoms with Gasteiger partial charge in [0.15, 0.2) is 6.61 Å². The monoisotopic (exact) mass is 464 g/mol. The number of benzene rings is 2. The normalized spacial score (nSPS) is 12.8. The standard InChI is InChI=1S/C19H14BrClN2O5/c1-10-6-13(20)14(21)7-15(10)22-16(24)9-28-17(25)8-23-18(26)11-4-2-3-5-12(11)19(23)27/h2-7H,8-9H2,1H3,(H,22,24). The van der Waals surface area contributed by atoms with Crippen LogP contribution in [-0.2, 0) is 14.3 Å². The van der Waals surface area contributed by atoms with Gasteiger partial charge in [0.25, 0.3) is 17.7 Å². The zero-order valence-corrected chi connectivity index (χ0v) is 17.0. The number of amides is 3. The Bertz CT molecular complexity index is 973. The lowest BCUT2D eigenvalue weighted by Gasteiger charge is -2.13. The molecule has 0 fully saturated rings.